The molecule has 4 heteroatoms. The topological polar surface area (TPSA) is 38.0 Å². The highest BCUT2D eigenvalue weighted by Gasteiger charge is 1.97. The van der Waals surface area contributed by atoms with Crippen molar-refractivity contribution < 1.29 is 5.11 Å². The molecular weight excluding hydrogens is 220 g/mol. The van der Waals surface area contributed by atoms with Crippen LogP contribution in [0.1, 0.15) is 5.56 Å². The molecule has 1 aromatic carbocycles. The molecule has 3 nitrogen and oxygen atoms in total. The molecule has 0 spiro atoms. The molecular formula is C12H14N2OS. The summed E-state index contributed by atoms with van der Waals surface area (Å²) in [5.41, 5.74) is 0.962. The summed E-state index contributed by atoms with van der Waals surface area (Å²) in [5, 5.41) is 13.2. The standard InChI is InChI=1S/C12H14N2OS/c15-10-11-3-1-4-12(9-11)16-8-7-14-6-2-5-13-14/h1-6,9,15H,7-8,10H2. The van der Waals surface area contributed by atoms with E-state index in [2.05, 4.69) is 11.2 Å². The van der Waals surface area contributed by atoms with Crippen LogP contribution in [0.4, 0.5) is 0 Å². The second-order valence-electron chi connectivity index (χ2n) is 3.42. The Balaban J connectivity index is 1.85. The summed E-state index contributed by atoms with van der Waals surface area (Å²) >= 11 is 1.78. The van der Waals surface area contributed by atoms with Crippen LogP contribution in [0.2, 0.25) is 0 Å². The summed E-state index contributed by atoms with van der Waals surface area (Å²) in [6.45, 7) is 1.01. The number of hydrogen-bond donors (Lipinski definition) is 1. The molecule has 84 valence electrons. The fraction of sp³-hybridized carbons (Fsp3) is 0.250. The zero-order chi connectivity index (χ0) is 11.2. The number of rotatable bonds is 5. The summed E-state index contributed by atoms with van der Waals surface area (Å²) in [6.07, 6.45) is 3.75. The highest BCUT2D eigenvalue weighted by molar-refractivity contribution is 7.99. The molecule has 0 saturated heterocycles. The minimum absolute atomic E-state index is 0.105. The van der Waals surface area contributed by atoms with Gasteiger partial charge >= 0.3 is 0 Å². The lowest BCUT2D eigenvalue weighted by molar-refractivity contribution is 0.281. The van der Waals surface area contributed by atoms with Gasteiger partial charge in [-0.15, -0.1) is 11.8 Å². The van der Waals surface area contributed by atoms with Gasteiger partial charge in [0.15, 0.2) is 0 Å². The Kier molecular flexibility index (Phi) is 4.02. The first-order valence-corrected chi connectivity index (χ1v) is 6.17. The van der Waals surface area contributed by atoms with E-state index in [1.54, 1.807) is 18.0 Å². The van der Waals surface area contributed by atoms with E-state index in [4.69, 9.17) is 5.11 Å². The van der Waals surface area contributed by atoms with Crippen molar-refractivity contribution in [3.05, 3.63) is 48.3 Å². The van der Waals surface area contributed by atoms with Gasteiger partial charge < -0.3 is 5.11 Å². The van der Waals surface area contributed by atoms with Crippen molar-refractivity contribution in [2.24, 2.45) is 0 Å². The molecule has 0 saturated carbocycles. The number of benzene rings is 1. The summed E-state index contributed by atoms with van der Waals surface area (Å²) in [6, 6.07) is 9.91. The van der Waals surface area contributed by atoms with Crippen molar-refractivity contribution in [2.75, 3.05) is 5.75 Å². The van der Waals surface area contributed by atoms with Crippen LogP contribution in [-0.4, -0.2) is 20.6 Å². The minimum atomic E-state index is 0.105. The first-order valence-electron chi connectivity index (χ1n) is 5.18. The van der Waals surface area contributed by atoms with Crippen LogP contribution < -0.4 is 0 Å². The van der Waals surface area contributed by atoms with Gasteiger partial charge in [-0.25, -0.2) is 0 Å². The van der Waals surface area contributed by atoms with E-state index in [1.807, 2.05) is 35.1 Å². The van der Waals surface area contributed by atoms with Gasteiger partial charge in [0.2, 0.25) is 0 Å². The van der Waals surface area contributed by atoms with Crippen LogP contribution in [0.15, 0.2) is 47.6 Å². The molecule has 1 aromatic heterocycles. The van der Waals surface area contributed by atoms with Gasteiger partial charge in [0.25, 0.3) is 0 Å². The van der Waals surface area contributed by atoms with Crippen molar-refractivity contribution in [3.8, 4) is 0 Å². The third-order valence-corrected chi connectivity index (χ3v) is 3.20. The highest BCUT2D eigenvalue weighted by Crippen LogP contribution is 2.19. The Morgan fingerprint density at radius 3 is 3.00 bits per heavy atom. The lowest BCUT2D eigenvalue weighted by Crippen LogP contribution is -2.00. The molecule has 0 amide bonds. The third kappa shape index (κ3) is 3.12. The summed E-state index contributed by atoms with van der Waals surface area (Å²) in [4.78, 5) is 1.19. The van der Waals surface area contributed by atoms with Crippen LogP contribution in [0, 0.1) is 0 Å². The van der Waals surface area contributed by atoms with Crippen LogP contribution >= 0.6 is 11.8 Å². The maximum Gasteiger partial charge on any atom is 0.0682 e. The van der Waals surface area contributed by atoms with Gasteiger partial charge in [-0.05, 0) is 23.8 Å². The third-order valence-electron chi connectivity index (χ3n) is 2.23. The predicted octanol–water partition coefficient (Wildman–Crippen LogP) is 2.17. The van der Waals surface area contributed by atoms with Crippen LogP contribution in [0.25, 0.3) is 0 Å². The molecule has 1 N–H and O–H groups in total. The normalized spacial score (nSPS) is 10.6. The minimum Gasteiger partial charge on any atom is -0.392 e. The summed E-state index contributed by atoms with van der Waals surface area (Å²) < 4.78 is 1.92. The average molecular weight is 234 g/mol. The Bertz CT molecular complexity index is 428. The molecule has 0 radical (unpaired) electrons. The zero-order valence-electron chi connectivity index (χ0n) is 8.91. The van der Waals surface area contributed by atoms with Gasteiger partial charge in [-0.1, -0.05) is 12.1 Å². The van der Waals surface area contributed by atoms with Gasteiger partial charge in [0, 0.05) is 23.0 Å². The van der Waals surface area contributed by atoms with E-state index in [0.717, 1.165) is 17.9 Å². The molecule has 0 aliphatic carbocycles. The Morgan fingerprint density at radius 2 is 2.25 bits per heavy atom. The number of aliphatic hydroxyl groups excluding tert-OH is 1. The largest absolute Gasteiger partial charge is 0.392 e. The lowest BCUT2D eigenvalue weighted by Gasteiger charge is -2.03. The maximum absolute atomic E-state index is 9.01. The number of hydrogen-bond acceptors (Lipinski definition) is 3. The van der Waals surface area contributed by atoms with Gasteiger partial charge in [0.1, 0.15) is 0 Å². The van der Waals surface area contributed by atoms with Gasteiger partial charge in [-0.3, -0.25) is 4.68 Å². The molecule has 0 bridgehead atoms. The SMILES string of the molecule is OCc1cccc(SCCn2cccn2)c1. The number of aliphatic hydroxyl groups is 1. The molecule has 2 rings (SSSR count). The number of aryl methyl sites for hydroxylation is 1. The fourth-order valence-electron chi connectivity index (χ4n) is 1.42. The molecule has 0 aliphatic rings. The predicted molar refractivity (Wildman–Crippen MR) is 65.3 cm³/mol. The van der Waals surface area contributed by atoms with E-state index in [0.29, 0.717) is 0 Å². The van der Waals surface area contributed by atoms with E-state index >= 15 is 0 Å². The number of nitrogens with zero attached hydrogens (tertiary/aromatic N) is 2. The zero-order valence-corrected chi connectivity index (χ0v) is 9.73. The monoisotopic (exact) mass is 234 g/mol. The lowest BCUT2D eigenvalue weighted by atomic mass is 10.2. The average Bonchev–Trinajstić information content (AvgIpc) is 2.82. The van der Waals surface area contributed by atoms with E-state index in [1.165, 1.54) is 4.90 Å². The molecule has 1 heterocycles. The molecule has 16 heavy (non-hydrogen) atoms. The van der Waals surface area contributed by atoms with Crippen molar-refractivity contribution in [3.63, 3.8) is 0 Å². The van der Waals surface area contributed by atoms with Crippen molar-refractivity contribution in [2.45, 2.75) is 18.0 Å². The Labute approximate surface area is 99.1 Å². The number of thioether (sulfide) groups is 1. The molecule has 0 atom stereocenters. The molecule has 0 fully saturated rings. The van der Waals surface area contributed by atoms with E-state index in [-0.39, 0.29) is 6.61 Å². The van der Waals surface area contributed by atoms with Crippen molar-refractivity contribution in [1.29, 1.82) is 0 Å². The van der Waals surface area contributed by atoms with Crippen LogP contribution in [0.3, 0.4) is 0 Å². The second kappa shape index (κ2) is 5.72. The molecule has 2 aromatic rings. The van der Waals surface area contributed by atoms with Crippen LogP contribution in [-0.2, 0) is 13.2 Å². The first kappa shape index (κ1) is 11.2. The Morgan fingerprint density at radius 1 is 1.31 bits per heavy atom. The summed E-state index contributed by atoms with van der Waals surface area (Å²) in [5.74, 6) is 0.983. The maximum atomic E-state index is 9.01. The molecule has 0 unspecified atom stereocenters. The van der Waals surface area contributed by atoms with Gasteiger partial charge in [0.05, 0.1) is 13.2 Å². The fourth-order valence-corrected chi connectivity index (χ4v) is 2.35. The molecule has 0 aliphatic heterocycles. The van der Waals surface area contributed by atoms with E-state index < -0.39 is 0 Å². The quantitative estimate of drug-likeness (QED) is 0.806. The van der Waals surface area contributed by atoms with Crippen molar-refractivity contribution in [1.82, 2.24) is 9.78 Å². The smallest absolute Gasteiger partial charge is 0.0682 e. The summed E-state index contributed by atoms with van der Waals surface area (Å²) in [7, 11) is 0. The second-order valence-corrected chi connectivity index (χ2v) is 4.59. The first-order chi connectivity index (χ1) is 7.88. The van der Waals surface area contributed by atoms with Gasteiger partial charge in [-0.2, -0.15) is 5.10 Å². The number of aromatic nitrogens is 2. The van der Waals surface area contributed by atoms with Crippen molar-refractivity contribution >= 4 is 11.8 Å². The van der Waals surface area contributed by atoms with Crippen LogP contribution in [0.5, 0.6) is 0 Å². The van der Waals surface area contributed by atoms with E-state index in [9.17, 15) is 0 Å². The Hall–Kier alpha value is -1.26. The highest BCUT2D eigenvalue weighted by atomic mass is 32.2.